The molecule has 0 saturated heterocycles. The molecule has 2 aromatic carbocycles. The second-order valence-electron chi connectivity index (χ2n) is 6.26. The first-order valence-corrected chi connectivity index (χ1v) is 8.98. The second kappa shape index (κ2) is 8.50. The Labute approximate surface area is 171 Å². The van der Waals surface area contributed by atoms with Gasteiger partial charge in [-0.2, -0.15) is 20.1 Å². The monoisotopic (exact) mass is 405 g/mol. The highest BCUT2D eigenvalue weighted by atomic mass is 35.5. The number of benzene rings is 2. The van der Waals surface area contributed by atoms with E-state index >= 15 is 0 Å². The third-order valence-electron chi connectivity index (χ3n) is 4.19. The van der Waals surface area contributed by atoms with Gasteiger partial charge in [-0.3, -0.25) is 9.59 Å². The lowest BCUT2D eigenvalue weighted by molar-refractivity contribution is 0.0947. The van der Waals surface area contributed by atoms with Crippen molar-refractivity contribution >= 4 is 23.7 Å². The van der Waals surface area contributed by atoms with Gasteiger partial charge in [-0.05, 0) is 43.7 Å². The van der Waals surface area contributed by atoms with Gasteiger partial charge in [-0.15, -0.1) is 0 Å². The van der Waals surface area contributed by atoms with Gasteiger partial charge in [0.05, 0.1) is 11.9 Å². The van der Waals surface area contributed by atoms with Gasteiger partial charge in [0.25, 0.3) is 11.5 Å². The summed E-state index contributed by atoms with van der Waals surface area (Å²) in [6.45, 7) is 3.41. The number of halogens is 1. The Morgan fingerprint density at radius 2 is 1.83 bits per heavy atom. The van der Waals surface area contributed by atoms with Crippen molar-refractivity contribution in [1.82, 2.24) is 15.2 Å². The van der Waals surface area contributed by atoms with Gasteiger partial charge < -0.3 is 0 Å². The molecule has 0 aliphatic rings. The van der Waals surface area contributed by atoms with Crippen molar-refractivity contribution in [2.24, 2.45) is 5.10 Å². The highest BCUT2D eigenvalue weighted by Crippen LogP contribution is 2.12. The number of hydrogen-bond donors (Lipinski definition) is 1. The van der Waals surface area contributed by atoms with Crippen LogP contribution in [0, 0.1) is 25.2 Å². The van der Waals surface area contributed by atoms with Crippen LogP contribution in [0.4, 0.5) is 0 Å². The Morgan fingerprint density at radius 1 is 1.17 bits per heavy atom. The van der Waals surface area contributed by atoms with Gasteiger partial charge in [0, 0.05) is 10.6 Å². The molecule has 7 nitrogen and oxygen atoms in total. The van der Waals surface area contributed by atoms with Gasteiger partial charge in [-0.1, -0.05) is 41.4 Å². The van der Waals surface area contributed by atoms with E-state index in [-0.39, 0.29) is 16.8 Å². The Balaban J connectivity index is 1.95. The molecule has 1 heterocycles. The zero-order valence-corrected chi connectivity index (χ0v) is 16.4. The molecule has 144 valence electrons. The Hall–Kier alpha value is -3.76. The van der Waals surface area contributed by atoms with Crippen LogP contribution in [0.5, 0.6) is 0 Å². The van der Waals surface area contributed by atoms with E-state index < -0.39 is 11.5 Å². The minimum atomic E-state index is -0.634. The minimum absolute atomic E-state index is 0.0602. The number of carbonyl (C=O) groups excluding carboxylic acids is 1. The lowest BCUT2D eigenvalue weighted by atomic mass is 10.1. The van der Waals surface area contributed by atoms with Crippen LogP contribution in [-0.4, -0.2) is 21.9 Å². The molecule has 0 atom stereocenters. The van der Waals surface area contributed by atoms with E-state index in [0.717, 1.165) is 15.8 Å². The highest BCUT2D eigenvalue weighted by Gasteiger charge is 2.20. The number of carbonyl (C=O) groups is 1. The van der Waals surface area contributed by atoms with E-state index in [9.17, 15) is 14.9 Å². The molecular formula is C21H16ClN5O2. The molecule has 8 heteroatoms. The van der Waals surface area contributed by atoms with Crippen LogP contribution in [0.15, 0.2) is 58.4 Å². The van der Waals surface area contributed by atoms with Crippen LogP contribution in [-0.2, 0) is 0 Å². The summed E-state index contributed by atoms with van der Waals surface area (Å²) in [5, 5.41) is 18.1. The number of nitrogens with zero attached hydrogens (tertiary/aromatic N) is 4. The van der Waals surface area contributed by atoms with Crippen molar-refractivity contribution in [3.05, 3.63) is 91.9 Å². The summed E-state index contributed by atoms with van der Waals surface area (Å²) in [7, 11) is 0. The third kappa shape index (κ3) is 4.39. The third-order valence-corrected chi connectivity index (χ3v) is 4.44. The number of nitriles is 1. The lowest BCUT2D eigenvalue weighted by Gasteiger charge is -2.10. The van der Waals surface area contributed by atoms with E-state index in [1.807, 2.05) is 25.1 Å². The fourth-order valence-electron chi connectivity index (χ4n) is 2.58. The summed E-state index contributed by atoms with van der Waals surface area (Å²) in [5.74, 6) is -0.634. The lowest BCUT2D eigenvalue weighted by Crippen LogP contribution is -2.31. The van der Waals surface area contributed by atoms with Crippen LogP contribution >= 0.6 is 11.6 Å². The van der Waals surface area contributed by atoms with E-state index in [1.54, 1.807) is 36.4 Å². The molecule has 0 spiro atoms. The molecule has 0 bridgehead atoms. The second-order valence-corrected chi connectivity index (χ2v) is 6.70. The fraction of sp³-hybridized carbons (Fsp3) is 0.0952. The Kier molecular flexibility index (Phi) is 5.86. The van der Waals surface area contributed by atoms with Gasteiger partial charge in [0.2, 0.25) is 0 Å². The molecular weight excluding hydrogens is 390 g/mol. The van der Waals surface area contributed by atoms with Crippen molar-refractivity contribution in [2.45, 2.75) is 13.8 Å². The summed E-state index contributed by atoms with van der Waals surface area (Å²) in [5.41, 5.74) is 3.97. The van der Waals surface area contributed by atoms with Crippen LogP contribution in [0.1, 0.15) is 32.7 Å². The smallest absolute Gasteiger partial charge is 0.266 e. The number of rotatable bonds is 4. The molecule has 1 aromatic heterocycles. The number of nitrogens with one attached hydrogen (secondary N) is 1. The molecule has 0 unspecified atom stereocenters. The topological polar surface area (TPSA) is 100 Å². The predicted molar refractivity (Wildman–Crippen MR) is 111 cm³/mol. The summed E-state index contributed by atoms with van der Waals surface area (Å²) in [4.78, 5) is 25.2. The number of hydrogen-bond acceptors (Lipinski definition) is 5. The number of amides is 1. The summed E-state index contributed by atoms with van der Waals surface area (Å²) >= 11 is 5.83. The molecule has 3 rings (SSSR count). The van der Waals surface area contributed by atoms with Crippen molar-refractivity contribution in [1.29, 1.82) is 5.26 Å². The zero-order chi connectivity index (χ0) is 21.0. The molecule has 1 amide bonds. The Bertz CT molecular complexity index is 1190. The predicted octanol–water partition coefficient (Wildman–Crippen LogP) is 3.14. The van der Waals surface area contributed by atoms with Gasteiger partial charge in [-0.25, -0.2) is 5.43 Å². The molecule has 0 radical (unpaired) electrons. The zero-order valence-electron chi connectivity index (χ0n) is 15.7. The van der Waals surface area contributed by atoms with Crippen LogP contribution in [0.25, 0.3) is 5.69 Å². The van der Waals surface area contributed by atoms with Gasteiger partial charge in [0.1, 0.15) is 11.6 Å². The summed E-state index contributed by atoms with van der Waals surface area (Å²) < 4.78 is 1.04. The van der Waals surface area contributed by atoms with Crippen LogP contribution in [0.3, 0.4) is 0 Å². The van der Waals surface area contributed by atoms with Crippen molar-refractivity contribution in [3.63, 3.8) is 0 Å². The minimum Gasteiger partial charge on any atom is -0.266 e. The largest absolute Gasteiger partial charge is 0.292 e. The maximum Gasteiger partial charge on any atom is 0.292 e. The van der Waals surface area contributed by atoms with Crippen LogP contribution < -0.4 is 11.0 Å². The van der Waals surface area contributed by atoms with Crippen molar-refractivity contribution < 1.29 is 4.79 Å². The quantitative estimate of drug-likeness (QED) is 0.532. The van der Waals surface area contributed by atoms with Crippen LogP contribution in [0.2, 0.25) is 5.02 Å². The standard InChI is InChI=1S/C21H16ClN5O2/c1-13-3-9-17(10-4-13)27-21(29)18(11-23)14(2)19(26-27)20(28)25-24-12-15-5-7-16(22)8-6-15/h3-10,12H,1-2H3,(H,25,28)/b24-12+. The van der Waals surface area contributed by atoms with Crippen molar-refractivity contribution in [2.75, 3.05) is 0 Å². The average molecular weight is 406 g/mol. The summed E-state index contributed by atoms with van der Waals surface area (Å²) in [6.07, 6.45) is 1.45. The molecule has 3 aromatic rings. The number of aryl methyl sites for hydroxylation is 1. The molecule has 1 N–H and O–H groups in total. The number of aromatic nitrogens is 2. The maximum absolute atomic E-state index is 12.6. The van der Waals surface area contributed by atoms with Crippen molar-refractivity contribution in [3.8, 4) is 11.8 Å². The van der Waals surface area contributed by atoms with E-state index in [2.05, 4.69) is 15.6 Å². The average Bonchev–Trinajstić information content (AvgIpc) is 2.71. The van der Waals surface area contributed by atoms with E-state index in [1.165, 1.54) is 13.1 Å². The first kappa shape index (κ1) is 20.0. The maximum atomic E-state index is 12.6. The molecule has 29 heavy (non-hydrogen) atoms. The Morgan fingerprint density at radius 3 is 2.45 bits per heavy atom. The molecule has 0 aliphatic carbocycles. The summed E-state index contributed by atoms with van der Waals surface area (Å²) in [6, 6.07) is 15.8. The molecule has 0 aliphatic heterocycles. The normalized spacial score (nSPS) is 10.7. The first-order chi connectivity index (χ1) is 13.9. The van der Waals surface area contributed by atoms with E-state index in [0.29, 0.717) is 10.7 Å². The SMILES string of the molecule is Cc1ccc(-n2nc(C(=O)N/N=C/c3ccc(Cl)cc3)c(C)c(C#N)c2=O)cc1. The first-order valence-electron chi connectivity index (χ1n) is 8.60. The number of hydrazone groups is 1. The van der Waals surface area contributed by atoms with Gasteiger partial charge in [0.15, 0.2) is 5.69 Å². The van der Waals surface area contributed by atoms with E-state index in [4.69, 9.17) is 11.6 Å². The molecule has 0 saturated carbocycles. The highest BCUT2D eigenvalue weighted by molar-refractivity contribution is 6.30. The fourth-order valence-corrected chi connectivity index (χ4v) is 2.71. The molecule has 0 fully saturated rings. The van der Waals surface area contributed by atoms with Gasteiger partial charge >= 0.3 is 0 Å².